The van der Waals surface area contributed by atoms with Crippen LogP contribution in [0.3, 0.4) is 0 Å². The Morgan fingerprint density at radius 3 is 2.76 bits per heavy atom. The maximum Gasteiger partial charge on any atom is 0.357 e. The fourth-order valence-corrected chi connectivity index (χ4v) is 4.70. The molecule has 1 aromatic heterocycles. The van der Waals surface area contributed by atoms with Gasteiger partial charge >= 0.3 is 12.0 Å². The van der Waals surface area contributed by atoms with Gasteiger partial charge in [-0.1, -0.05) is 18.2 Å². The van der Waals surface area contributed by atoms with Crippen molar-refractivity contribution in [1.29, 1.82) is 0 Å². The van der Waals surface area contributed by atoms with Crippen LogP contribution in [0.5, 0.6) is 0 Å². The number of carbonyl (C=O) groups excluding carboxylic acids is 4. The van der Waals surface area contributed by atoms with Gasteiger partial charge in [-0.3, -0.25) is 14.5 Å². The molecule has 2 aliphatic rings. The van der Waals surface area contributed by atoms with Gasteiger partial charge in [0.25, 0.3) is 0 Å². The first kappa shape index (κ1) is 29.4. The Morgan fingerprint density at radius 1 is 1.29 bits per heavy atom. The fourth-order valence-electron chi connectivity index (χ4n) is 4.02. The molecule has 3 rings (SSSR count). The SMILES string of the molecule is COC(=O)c1csc(NC(=O)C(CC2CCOCC2)N(C=O)C(=O)NC(C)C2=C/COCOC(C)/C=C\2)n1. The molecular weight excluding hydrogens is 516 g/mol. The standard InChI is InChI=1S/C25H34N4O8S/c1-16-4-5-19(8-11-36-15-37-16)17(2)26-25(33)29(14-30)21(12-18-6-9-35-10-7-18)22(31)28-24-27-20(13-38-24)23(32)34-3/h4-5,8,13-14,16-18,21H,6-7,9-12,15H2,1-3H3,(H,26,33)(H,27,28,31)/b5-4-,19-8+. The van der Waals surface area contributed by atoms with E-state index in [2.05, 4.69) is 20.4 Å². The Morgan fingerprint density at radius 2 is 2.05 bits per heavy atom. The van der Waals surface area contributed by atoms with Crippen molar-refractivity contribution in [2.75, 3.05) is 39.0 Å². The van der Waals surface area contributed by atoms with E-state index >= 15 is 0 Å². The quantitative estimate of drug-likeness (QED) is 0.350. The van der Waals surface area contributed by atoms with Crippen LogP contribution in [-0.4, -0.2) is 86.1 Å². The van der Waals surface area contributed by atoms with Crippen LogP contribution < -0.4 is 10.6 Å². The van der Waals surface area contributed by atoms with Gasteiger partial charge in [-0.15, -0.1) is 11.3 Å². The highest BCUT2D eigenvalue weighted by Gasteiger charge is 2.34. The van der Waals surface area contributed by atoms with Crippen LogP contribution in [0.15, 0.2) is 29.2 Å². The van der Waals surface area contributed by atoms with E-state index in [-0.39, 0.29) is 36.1 Å². The number of imide groups is 1. The molecule has 1 fully saturated rings. The molecule has 2 aliphatic heterocycles. The summed E-state index contributed by atoms with van der Waals surface area (Å²) >= 11 is 1.04. The average molecular weight is 551 g/mol. The highest BCUT2D eigenvalue weighted by atomic mass is 32.1. The van der Waals surface area contributed by atoms with Gasteiger partial charge in [0, 0.05) is 18.6 Å². The summed E-state index contributed by atoms with van der Waals surface area (Å²) in [6, 6.07) is -2.30. The molecule has 3 atom stereocenters. The Balaban J connectivity index is 1.76. The van der Waals surface area contributed by atoms with Gasteiger partial charge in [-0.05, 0) is 44.6 Å². The summed E-state index contributed by atoms with van der Waals surface area (Å²) in [6.45, 7) is 5.18. The van der Waals surface area contributed by atoms with Crippen molar-refractivity contribution in [3.05, 3.63) is 34.9 Å². The third-order valence-corrected chi connectivity index (χ3v) is 7.02. The molecule has 3 unspecified atom stereocenters. The molecule has 1 aromatic rings. The predicted octanol–water partition coefficient (Wildman–Crippen LogP) is 2.49. The van der Waals surface area contributed by atoms with Crippen LogP contribution in [0.1, 0.15) is 43.6 Å². The molecule has 208 valence electrons. The molecule has 12 nitrogen and oxygen atoms in total. The van der Waals surface area contributed by atoms with Crippen molar-refractivity contribution < 1.29 is 38.1 Å². The van der Waals surface area contributed by atoms with Crippen LogP contribution in [0.4, 0.5) is 9.93 Å². The number of ether oxygens (including phenoxy) is 4. The number of carbonyl (C=O) groups is 4. The number of thiazole rings is 1. The summed E-state index contributed by atoms with van der Waals surface area (Å²) in [5.74, 6) is -1.14. The van der Waals surface area contributed by atoms with Crippen molar-refractivity contribution >= 4 is 40.8 Å². The summed E-state index contributed by atoms with van der Waals surface area (Å²) in [5, 5.41) is 7.06. The molecule has 0 aromatic carbocycles. The molecule has 13 heteroatoms. The lowest BCUT2D eigenvalue weighted by atomic mass is 9.91. The molecule has 3 heterocycles. The zero-order valence-corrected chi connectivity index (χ0v) is 22.5. The Bertz CT molecular complexity index is 1040. The molecule has 38 heavy (non-hydrogen) atoms. The number of nitrogens with one attached hydrogen (secondary N) is 2. The minimum absolute atomic E-state index is 0.0487. The second kappa shape index (κ2) is 14.7. The molecule has 0 aliphatic carbocycles. The number of hydrogen-bond acceptors (Lipinski definition) is 10. The molecule has 0 bridgehead atoms. The molecule has 2 N–H and O–H groups in total. The summed E-state index contributed by atoms with van der Waals surface area (Å²) < 4.78 is 20.9. The van der Waals surface area contributed by atoms with Crippen LogP contribution in [-0.2, 0) is 28.5 Å². The van der Waals surface area contributed by atoms with E-state index in [1.165, 1.54) is 12.5 Å². The molecule has 1 saturated heterocycles. The van der Waals surface area contributed by atoms with Gasteiger partial charge in [0.05, 0.1) is 25.9 Å². The van der Waals surface area contributed by atoms with Crippen LogP contribution in [0.2, 0.25) is 0 Å². The number of methoxy groups -OCH3 is 1. The van der Waals surface area contributed by atoms with E-state index in [4.69, 9.17) is 14.2 Å². The summed E-state index contributed by atoms with van der Waals surface area (Å²) in [6.07, 6.45) is 7.36. The fraction of sp³-hybridized carbons (Fsp3) is 0.560. The van der Waals surface area contributed by atoms with Crippen molar-refractivity contribution in [3.8, 4) is 0 Å². The van der Waals surface area contributed by atoms with E-state index in [1.807, 2.05) is 25.2 Å². The number of hydrogen-bond donors (Lipinski definition) is 2. The third-order valence-electron chi connectivity index (χ3n) is 6.26. The van der Waals surface area contributed by atoms with E-state index in [1.54, 1.807) is 6.92 Å². The minimum Gasteiger partial charge on any atom is -0.464 e. The van der Waals surface area contributed by atoms with Gasteiger partial charge in [0.15, 0.2) is 10.8 Å². The van der Waals surface area contributed by atoms with Crippen LogP contribution in [0.25, 0.3) is 0 Å². The maximum atomic E-state index is 13.4. The summed E-state index contributed by atoms with van der Waals surface area (Å²) in [4.78, 5) is 55.5. The monoisotopic (exact) mass is 550 g/mol. The Hall–Kier alpha value is -3.13. The molecule has 0 saturated carbocycles. The van der Waals surface area contributed by atoms with Gasteiger partial charge in [-0.25, -0.2) is 14.6 Å². The number of amides is 4. The largest absolute Gasteiger partial charge is 0.464 e. The van der Waals surface area contributed by atoms with Gasteiger partial charge in [-0.2, -0.15) is 0 Å². The Kier molecular flexibility index (Phi) is 11.4. The molecular formula is C25H34N4O8S. The first-order valence-corrected chi connectivity index (χ1v) is 13.2. The smallest absolute Gasteiger partial charge is 0.357 e. The Labute approximate surface area is 225 Å². The lowest BCUT2D eigenvalue weighted by Gasteiger charge is -2.31. The number of nitrogens with zero attached hydrogens (tertiary/aromatic N) is 2. The summed E-state index contributed by atoms with van der Waals surface area (Å²) in [5.41, 5.74) is 0.817. The van der Waals surface area contributed by atoms with Crippen molar-refractivity contribution in [2.24, 2.45) is 5.92 Å². The van der Waals surface area contributed by atoms with Crippen molar-refractivity contribution in [3.63, 3.8) is 0 Å². The normalized spacial score (nSPS) is 22.3. The van der Waals surface area contributed by atoms with Gasteiger partial charge in [0.2, 0.25) is 12.3 Å². The van der Waals surface area contributed by atoms with Crippen molar-refractivity contribution in [1.82, 2.24) is 15.2 Å². The van der Waals surface area contributed by atoms with E-state index in [0.717, 1.165) is 21.8 Å². The summed E-state index contributed by atoms with van der Waals surface area (Å²) in [7, 11) is 1.23. The molecule has 0 spiro atoms. The maximum absolute atomic E-state index is 13.4. The number of esters is 1. The van der Waals surface area contributed by atoms with Crippen LogP contribution >= 0.6 is 11.3 Å². The first-order valence-electron chi connectivity index (χ1n) is 12.4. The molecule has 4 amide bonds. The predicted molar refractivity (Wildman–Crippen MR) is 139 cm³/mol. The average Bonchev–Trinajstić information content (AvgIpc) is 3.41. The van der Waals surface area contributed by atoms with Crippen molar-refractivity contribution in [2.45, 2.75) is 51.3 Å². The highest BCUT2D eigenvalue weighted by Crippen LogP contribution is 2.24. The second-order valence-corrected chi connectivity index (χ2v) is 9.79. The lowest BCUT2D eigenvalue weighted by molar-refractivity contribution is -0.128. The third kappa shape index (κ3) is 8.45. The second-order valence-electron chi connectivity index (χ2n) is 8.93. The topological polar surface area (TPSA) is 145 Å². The van der Waals surface area contributed by atoms with E-state index in [0.29, 0.717) is 39.1 Å². The number of anilines is 1. The van der Waals surface area contributed by atoms with Crippen LogP contribution in [0, 0.1) is 5.92 Å². The number of urea groups is 1. The van der Waals surface area contributed by atoms with E-state index < -0.39 is 30.0 Å². The molecule has 0 radical (unpaired) electrons. The first-order chi connectivity index (χ1) is 18.3. The minimum atomic E-state index is -1.10. The number of aromatic nitrogens is 1. The zero-order valence-electron chi connectivity index (χ0n) is 21.7. The zero-order chi connectivity index (χ0) is 27.5. The van der Waals surface area contributed by atoms with Gasteiger partial charge in [0.1, 0.15) is 12.8 Å². The van der Waals surface area contributed by atoms with E-state index in [9.17, 15) is 19.2 Å². The lowest BCUT2D eigenvalue weighted by Crippen LogP contribution is -2.53. The number of rotatable bonds is 9. The van der Waals surface area contributed by atoms with Gasteiger partial charge < -0.3 is 29.6 Å². The highest BCUT2D eigenvalue weighted by molar-refractivity contribution is 7.14.